The van der Waals surface area contributed by atoms with Crippen molar-refractivity contribution >= 4 is 0 Å². The standard InChI is InChI=1S/C78H36/c1-5-13-22-23-16-7-2-11-20-28-30-31-29-21-12-4-10-19-27-26-18-9-3-8-17-25-24-15-6(1)36-32-14(5)37(13)45(22)46(23)38(16)33(7,11)42(20)50(28)53(30)54(31)51(29)43(21)35(10,12)40(19)48(27)47(26)39(18)34(8,9)41(17)49(25)52(24)44(15,36)61-56(36)55(32,37)60(45)62(46)57(38,42)66(50)69(53)70(54)67(51)59(40,43)64(48)63(47)58(39,41)65(49)68(52,61)76-73(63,65)74(64,67)78(70,76)77(69)72(62,66)71(56,60)75(61,76)77/h5-32H,1-4H2/t5?,6?,7?,8?,9?,10-,11?,12+,13?,14?,15?,16?,17?,18?,19-,20?,21+,22?,23?,24?,25?,26?,27-,28?,29+,30?,31?,32?,33?,34?,35?,36?,37?,38?,39?,40?,41?,42?,43?,44?,45?,46?,47?,48+,49?,50?,51?,52?,53?,54-,55?,56?,57?,58?,59?,60?,61?,62?,63?,64+,65?,66?,67?,68?,69?,70-,71?,72?,73?,74+,75?,76?,77?,78?/m0/s1. The summed E-state index contributed by atoms with van der Waals surface area (Å²) in [5.41, 5.74) is 52.9. The third kappa shape index (κ3) is 0.443. The summed E-state index contributed by atoms with van der Waals surface area (Å²) in [5, 5.41) is 0. The Balaban J connectivity index is 0.707. The Morgan fingerprint density at radius 3 is 0.795 bits per heavy atom. The van der Waals surface area contributed by atoms with Crippen LogP contribution in [0.1, 0.15) is 25.7 Å². The second-order valence-corrected chi connectivity index (χ2v) is 52.5. The normalized spacial score (nSPS) is 153. The minimum Gasteiger partial charge on any atom is -0.0461 e. The quantitative estimate of drug-likeness (QED) is 0.309. The van der Waals surface area contributed by atoms with Gasteiger partial charge in [-0.2, -0.15) is 0 Å². The molecule has 0 heterocycles. The molecule has 0 aromatic rings. The molecule has 61 fully saturated rings. The molecule has 0 amide bonds. The fraction of sp³-hybridized carbons (Fsp3) is 1.00. The van der Waals surface area contributed by atoms with Crippen LogP contribution in [0, 0.1) is 415 Å². The molecule has 0 aromatic heterocycles. The van der Waals surface area contributed by atoms with Crippen LogP contribution in [0.5, 0.6) is 0 Å². The molecule has 61 rings (SSSR count). The average molecular weight is 973 g/mol. The van der Waals surface area contributed by atoms with E-state index in [0.717, 1.165) is 162 Å². The number of rotatable bonds is 0. The summed E-state index contributed by atoms with van der Waals surface area (Å²) in [5.74, 6) is 40.2. The zero-order chi connectivity index (χ0) is 42.0. The highest BCUT2D eigenvalue weighted by Crippen LogP contribution is 3.86. The van der Waals surface area contributed by atoms with Crippen molar-refractivity contribution in [2.45, 2.75) is 25.7 Å². The number of fused-ring (bicyclic) bond motifs is 22. The van der Waals surface area contributed by atoms with Crippen LogP contribution in [0.3, 0.4) is 0 Å². The number of hydrogen-bond donors (Lipinski definition) is 0. The van der Waals surface area contributed by atoms with E-state index in [0.29, 0.717) is 0 Å². The van der Waals surface area contributed by atoms with E-state index in [-0.39, 0.29) is 0 Å². The predicted octanol–water partition coefficient (Wildman–Crippen LogP) is 5.33. The molecule has 0 N–H and O–H groups in total. The maximum Gasteiger partial charge on any atom is -0.0000129 e. The Labute approximate surface area is 437 Å². The molecule has 0 nitrogen and oxygen atoms in total. The van der Waals surface area contributed by atoms with Crippen LogP contribution in [0.15, 0.2) is 0 Å². The number of hydrogen-bond acceptors (Lipinski definition) is 0. The SMILES string of the molecule is C1C2C3C4C5C6C7CC8C9C%10C%11C%12C%13CC%14C%15C%16[C@@H]%17[C@@H]%18[C@@H]%19C[C@@H]%20[C@@H]%21[C@@H]%22C%23C%24C%25C%26C1C21C32C43C54C65C7C6C87C98C%109C%11%10C%12%11C%13%14C%15%12C%11%13C%10%11C9%10C89C78C65C45C34C23C%261C%251C32C43C85C94C35C23C%241[C@@]%231C%222C%216C%20%19C%187C68C26[C@]31C51C%104C%112C%133C%16%12[C@@]%177[C@]38[C@@]216. The van der Waals surface area contributed by atoms with Crippen LogP contribution in [-0.4, -0.2) is 0 Å². The van der Waals surface area contributed by atoms with Crippen molar-refractivity contribution in [2.24, 2.45) is 393 Å². The van der Waals surface area contributed by atoms with Crippen LogP contribution >= 0.6 is 0 Å². The summed E-state index contributed by atoms with van der Waals surface area (Å²) in [6, 6.07) is 0. The predicted molar refractivity (Wildman–Crippen MR) is 231 cm³/mol. The molecule has 74 atom stereocenters. The second kappa shape index (κ2) is 3.36. The largest absolute Gasteiger partial charge is 0.0461 e. The Kier molecular flexibility index (Phi) is 1.05. The topological polar surface area (TPSA) is 0 Å². The lowest BCUT2D eigenvalue weighted by atomic mass is 8.22. The van der Waals surface area contributed by atoms with Crippen molar-refractivity contribution in [3.8, 4) is 0 Å². The molecule has 61 saturated carbocycles. The Hall–Kier alpha value is 0. The highest BCUT2D eigenvalue weighted by molar-refractivity contribution is 6.42. The molecule has 348 valence electrons. The van der Waals surface area contributed by atoms with E-state index in [1.54, 1.807) is 0 Å². The summed E-state index contributed by atoms with van der Waals surface area (Å²) >= 11 is 0. The summed E-state index contributed by atoms with van der Waals surface area (Å²) in [6.45, 7) is 0. The molecule has 63 unspecified atom stereocenters. The third-order valence-electron chi connectivity index (χ3n) is 72.5. The van der Waals surface area contributed by atoms with E-state index in [2.05, 4.69) is 0 Å². The molecule has 61 aliphatic rings. The lowest BCUT2D eigenvalue weighted by molar-refractivity contribution is -1.32. The van der Waals surface area contributed by atoms with Gasteiger partial charge in [-0.15, -0.1) is 0 Å². The van der Waals surface area contributed by atoms with Crippen molar-refractivity contribution in [1.82, 2.24) is 0 Å². The minimum absolute atomic E-state index is 1.11. The van der Waals surface area contributed by atoms with Crippen LogP contribution in [-0.2, 0) is 0 Å². The van der Waals surface area contributed by atoms with Gasteiger partial charge in [0.1, 0.15) is 0 Å². The molecular weight excluding hydrogens is 937 g/mol. The van der Waals surface area contributed by atoms with Gasteiger partial charge < -0.3 is 0 Å². The molecule has 0 saturated heterocycles. The van der Waals surface area contributed by atoms with Crippen LogP contribution in [0.25, 0.3) is 0 Å². The summed E-state index contributed by atoms with van der Waals surface area (Å²) in [6.07, 6.45) is 7.73. The molecular formula is C78H36. The average Bonchev–Trinajstić information content (AvgIpc) is 0.403. The highest BCUT2D eigenvalue weighted by Gasteiger charge is 3.85. The van der Waals surface area contributed by atoms with Crippen molar-refractivity contribution in [3.05, 3.63) is 21.7 Å². The zero-order valence-electron chi connectivity index (χ0n) is 42.0. The third-order valence-corrected chi connectivity index (χ3v) is 72.5. The van der Waals surface area contributed by atoms with E-state index >= 15 is 0 Å². The Morgan fingerprint density at radius 2 is 0.385 bits per heavy atom. The van der Waals surface area contributed by atoms with E-state index < -0.39 is 0 Å². The van der Waals surface area contributed by atoms with Gasteiger partial charge in [0.15, 0.2) is 0 Å². The molecule has 0 heteroatoms. The van der Waals surface area contributed by atoms with E-state index in [9.17, 15) is 0 Å². The summed E-state index contributed by atoms with van der Waals surface area (Å²) in [7, 11) is 0. The Bertz CT molecular complexity index is 6160. The van der Waals surface area contributed by atoms with E-state index in [1.807, 2.05) is 25.7 Å². The summed E-state index contributed by atoms with van der Waals surface area (Å²) in [4.78, 5) is 0. The van der Waals surface area contributed by atoms with E-state index in [1.165, 1.54) is 252 Å². The highest BCUT2D eigenvalue weighted by atomic mass is 15.9. The fourth-order valence-electron chi connectivity index (χ4n) is 95.7. The monoisotopic (exact) mass is 972 g/mol. The van der Waals surface area contributed by atoms with E-state index in [4.69, 9.17) is 0 Å². The second-order valence-electron chi connectivity index (χ2n) is 52.5. The molecule has 46 spiro atoms. The van der Waals surface area contributed by atoms with Crippen LogP contribution in [0.4, 0.5) is 0 Å². The van der Waals surface area contributed by atoms with Gasteiger partial charge in [0.05, 0.1) is 0 Å². The van der Waals surface area contributed by atoms with Gasteiger partial charge in [-0.05, 0) is 440 Å². The lowest BCUT2D eigenvalue weighted by Crippen LogP contribution is -3.78. The molecule has 0 aromatic carbocycles. The van der Waals surface area contributed by atoms with Gasteiger partial charge in [-0.3, -0.25) is 0 Å². The molecule has 0 bridgehead atoms. The Morgan fingerprint density at radius 1 is 0.141 bits per heavy atom. The first-order valence-electron chi connectivity index (χ1n) is 38.8. The molecule has 78 heavy (non-hydrogen) atoms. The molecule has 0 radical (unpaired) electrons. The smallest absolute Gasteiger partial charge is 0.0000129 e. The van der Waals surface area contributed by atoms with Crippen LogP contribution in [0.2, 0.25) is 0 Å². The van der Waals surface area contributed by atoms with Gasteiger partial charge in [0.2, 0.25) is 0 Å². The van der Waals surface area contributed by atoms with Crippen molar-refractivity contribution in [2.75, 3.05) is 0 Å². The van der Waals surface area contributed by atoms with Gasteiger partial charge in [0, 0.05) is 0 Å². The maximum absolute atomic E-state index is 1.99. The van der Waals surface area contributed by atoms with Gasteiger partial charge in [-0.1, -0.05) is 0 Å². The first kappa shape index (κ1) is 24.3. The lowest BCUT2D eigenvalue weighted by Gasteiger charge is -3.79. The first-order valence-corrected chi connectivity index (χ1v) is 38.8. The zero-order valence-corrected chi connectivity index (χ0v) is 42.0. The van der Waals surface area contributed by atoms with Gasteiger partial charge in [0.25, 0.3) is 0 Å². The van der Waals surface area contributed by atoms with Gasteiger partial charge >= 0.3 is 0 Å². The molecule has 0 aliphatic heterocycles. The first-order chi connectivity index (χ1) is 38.8. The van der Waals surface area contributed by atoms with Crippen LogP contribution < -0.4 is 0 Å². The maximum atomic E-state index is 1.99. The summed E-state index contributed by atoms with van der Waals surface area (Å²) < 4.78 is 0. The van der Waals surface area contributed by atoms with Crippen molar-refractivity contribution in [1.29, 1.82) is 0 Å². The van der Waals surface area contributed by atoms with Gasteiger partial charge in [-0.25, -0.2) is 0 Å². The van der Waals surface area contributed by atoms with Crippen molar-refractivity contribution in [3.63, 3.8) is 0 Å². The fourth-order valence-corrected chi connectivity index (χ4v) is 95.7. The van der Waals surface area contributed by atoms with Crippen molar-refractivity contribution < 1.29 is 0 Å². The molecule has 61 aliphatic carbocycles. The minimum atomic E-state index is 1.11.